The number of urea groups is 1. The maximum absolute atomic E-state index is 13.7. The number of rotatable bonds is 6. The van der Waals surface area contributed by atoms with Crippen molar-refractivity contribution in [1.29, 1.82) is 0 Å². The van der Waals surface area contributed by atoms with Gasteiger partial charge < -0.3 is 25.2 Å². The second-order valence-electron chi connectivity index (χ2n) is 11.5. The van der Waals surface area contributed by atoms with Gasteiger partial charge in [-0.05, 0) is 42.7 Å². The molecule has 2 atom stereocenters. The van der Waals surface area contributed by atoms with Crippen LogP contribution in [0, 0.1) is 5.92 Å². The van der Waals surface area contributed by atoms with E-state index in [2.05, 4.69) is 10.3 Å². The molecule has 2 saturated heterocycles. The molecule has 3 aromatic rings. The van der Waals surface area contributed by atoms with E-state index < -0.39 is 24.2 Å². The fraction of sp³-hybridized carbons (Fsp3) is 0.419. The lowest BCUT2D eigenvalue weighted by Crippen LogP contribution is -2.55. The number of imidazole rings is 1. The highest BCUT2D eigenvalue weighted by Gasteiger charge is 2.41. The van der Waals surface area contributed by atoms with Crippen molar-refractivity contribution in [1.82, 2.24) is 29.6 Å². The van der Waals surface area contributed by atoms with E-state index in [4.69, 9.17) is 0 Å². The molecule has 1 saturated carbocycles. The first-order chi connectivity index (χ1) is 20.4. The molecule has 0 unspecified atom stereocenters. The van der Waals surface area contributed by atoms with Gasteiger partial charge in [0, 0.05) is 38.4 Å². The van der Waals surface area contributed by atoms with Crippen molar-refractivity contribution in [3.63, 3.8) is 0 Å². The zero-order valence-electron chi connectivity index (χ0n) is 23.4. The van der Waals surface area contributed by atoms with Gasteiger partial charge in [0.1, 0.15) is 6.04 Å². The minimum atomic E-state index is -1.13. The summed E-state index contributed by atoms with van der Waals surface area (Å²) in [5.74, 6) is 0.165. The third kappa shape index (κ3) is 5.90. The fourth-order valence-corrected chi connectivity index (χ4v) is 6.11. The molecule has 3 heterocycles. The van der Waals surface area contributed by atoms with E-state index in [0.29, 0.717) is 38.4 Å². The summed E-state index contributed by atoms with van der Waals surface area (Å²) in [7, 11) is 0. The number of amides is 4. The molecule has 11 heteroatoms. The van der Waals surface area contributed by atoms with E-state index in [1.807, 2.05) is 66.9 Å². The average molecular weight is 573 g/mol. The minimum absolute atomic E-state index is 0.0575. The largest absolute Gasteiger partial charge is 0.465 e. The Hall–Kier alpha value is -4.54. The van der Waals surface area contributed by atoms with Gasteiger partial charge in [-0.2, -0.15) is 0 Å². The van der Waals surface area contributed by atoms with Gasteiger partial charge in [-0.15, -0.1) is 0 Å². The van der Waals surface area contributed by atoms with Gasteiger partial charge in [-0.3, -0.25) is 14.3 Å². The number of benzene rings is 2. The maximum Gasteiger partial charge on any atom is 0.407 e. The third-order valence-corrected chi connectivity index (χ3v) is 8.64. The Morgan fingerprint density at radius 1 is 0.905 bits per heavy atom. The van der Waals surface area contributed by atoms with Crippen molar-refractivity contribution in [2.24, 2.45) is 5.92 Å². The Bertz CT molecular complexity index is 1480. The second kappa shape index (κ2) is 11.8. The SMILES string of the molecule is O=C(N[C@H]1CN(C(=O)O)[C@H](c2ccccc2)CN(CC2CC2)C1=O)N1CCC(n2cc(-c3ccccc3)[nH]c2=O)CC1. The second-order valence-corrected chi connectivity index (χ2v) is 11.5. The normalized spacial score (nSPS) is 21.7. The Kier molecular flexibility index (Phi) is 7.73. The van der Waals surface area contributed by atoms with Crippen LogP contribution in [-0.4, -0.2) is 86.2 Å². The molecule has 6 rings (SSSR count). The number of aromatic nitrogens is 2. The molecule has 2 aliphatic heterocycles. The molecule has 42 heavy (non-hydrogen) atoms. The summed E-state index contributed by atoms with van der Waals surface area (Å²) in [5.41, 5.74) is 2.32. The standard InChI is InChI=1S/C31H36N6O5/c38-28-26(19-37(31(41)42)27(23-9-5-2-6-10-23)20-35(28)17-21-11-12-21)33-29(39)34-15-13-24(14-16-34)36-18-25(32-30(36)40)22-7-3-1-4-8-22/h1-10,18,21,24,26-27H,11-17,19-20H2,(H,32,40)(H,33,39)(H,41,42)/t26-,27-/m0/s1. The first-order valence-corrected chi connectivity index (χ1v) is 14.6. The number of nitrogens with zero attached hydrogens (tertiary/aromatic N) is 4. The molecule has 0 bridgehead atoms. The Balaban J connectivity index is 1.14. The highest BCUT2D eigenvalue weighted by Crippen LogP contribution is 2.33. The van der Waals surface area contributed by atoms with Crippen molar-refractivity contribution in [3.05, 3.63) is 82.9 Å². The summed E-state index contributed by atoms with van der Waals surface area (Å²) in [6, 6.07) is 17.0. The Morgan fingerprint density at radius 3 is 2.21 bits per heavy atom. The smallest absolute Gasteiger partial charge is 0.407 e. The third-order valence-electron chi connectivity index (χ3n) is 8.64. The lowest BCUT2D eigenvalue weighted by atomic mass is 10.0. The van der Waals surface area contributed by atoms with Crippen molar-refractivity contribution in [3.8, 4) is 11.3 Å². The Morgan fingerprint density at radius 2 is 1.57 bits per heavy atom. The van der Waals surface area contributed by atoms with E-state index in [1.54, 1.807) is 14.4 Å². The molecule has 220 valence electrons. The van der Waals surface area contributed by atoms with Gasteiger partial charge in [-0.25, -0.2) is 14.4 Å². The van der Waals surface area contributed by atoms with Gasteiger partial charge in [-0.1, -0.05) is 60.7 Å². The van der Waals surface area contributed by atoms with Crippen molar-refractivity contribution in [2.45, 2.75) is 43.8 Å². The first-order valence-electron chi connectivity index (χ1n) is 14.6. The Labute approximate surface area is 243 Å². The number of carboxylic acid groups (broad SMARTS) is 1. The number of piperidine rings is 1. The van der Waals surface area contributed by atoms with Gasteiger partial charge >= 0.3 is 17.8 Å². The van der Waals surface area contributed by atoms with Crippen LogP contribution in [0.1, 0.15) is 43.3 Å². The summed E-state index contributed by atoms with van der Waals surface area (Å²) in [6.07, 6.45) is 3.97. The molecule has 3 N–H and O–H groups in total. The lowest BCUT2D eigenvalue weighted by molar-refractivity contribution is -0.132. The molecular weight excluding hydrogens is 536 g/mol. The molecule has 1 aromatic heterocycles. The van der Waals surface area contributed by atoms with Crippen molar-refractivity contribution >= 4 is 18.0 Å². The van der Waals surface area contributed by atoms with Gasteiger partial charge in [0.05, 0.1) is 18.3 Å². The highest BCUT2D eigenvalue weighted by atomic mass is 16.4. The topological polar surface area (TPSA) is 131 Å². The number of H-pyrrole nitrogens is 1. The van der Waals surface area contributed by atoms with Crippen molar-refractivity contribution < 1.29 is 19.5 Å². The van der Waals surface area contributed by atoms with Gasteiger partial charge in [0.15, 0.2) is 0 Å². The molecular formula is C31H36N6O5. The summed E-state index contributed by atoms with van der Waals surface area (Å²) in [4.78, 5) is 59.8. The van der Waals surface area contributed by atoms with Crippen LogP contribution in [0.25, 0.3) is 11.3 Å². The zero-order valence-corrected chi connectivity index (χ0v) is 23.4. The molecule has 1 aliphatic carbocycles. The van der Waals surface area contributed by atoms with E-state index >= 15 is 0 Å². The van der Waals surface area contributed by atoms with E-state index in [-0.39, 0.29) is 30.7 Å². The molecule has 0 spiro atoms. The van der Waals surface area contributed by atoms with Crippen LogP contribution in [0.4, 0.5) is 9.59 Å². The predicted molar refractivity (Wildman–Crippen MR) is 156 cm³/mol. The molecule has 2 aromatic carbocycles. The quantitative estimate of drug-likeness (QED) is 0.416. The maximum atomic E-state index is 13.7. The summed E-state index contributed by atoms with van der Waals surface area (Å²) < 4.78 is 1.70. The van der Waals surface area contributed by atoms with Gasteiger partial charge in [0.2, 0.25) is 5.91 Å². The molecule has 3 aliphatic rings. The van der Waals surface area contributed by atoms with E-state index in [0.717, 1.165) is 29.7 Å². The van der Waals surface area contributed by atoms with Crippen LogP contribution in [0.15, 0.2) is 71.7 Å². The first kappa shape index (κ1) is 27.6. The molecule has 3 fully saturated rings. The molecule has 0 radical (unpaired) electrons. The molecule has 11 nitrogen and oxygen atoms in total. The van der Waals surface area contributed by atoms with Crippen LogP contribution >= 0.6 is 0 Å². The average Bonchev–Trinajstić information content (AvgIpc) is 3.77. The monoisotopic (exact) mass is 572 g/mol. The number of hydrogen-bond acceptors (Lipinski definition) is 4. The van der Waals surface area contributed by atoms with Crippen LogP contribution in [-0.2, 0) is 4.79 Å². The summed E-state index contributed by atoms with van der Waals surface area (Å²) >= 11 is 0. The fourth-order valence-electron chi connectivity index (χ4n) is 6.11. The molecule has 4 amide bonds. The van der Waals surface area contributed by atoms with Gasteiger partial charge in [0.25, 0.3) is 0 Å². The lowest BCUT2D eigenvalue weighted by Gasteiger charge is -2.34. The summed E-state index contributed by atoms with van der Waals surface area (Å²) in [6.45, 7) is 1.51. The predicted octanol–water partition coefficient (Wildman–Crippen LogP) is 3.53. The number of hydrogen-bond donors (Lipinski definition) is 3. The number of nitrogens with one attached hydrogen (secondary N) is 2. The van der Waals surface area contributed by atoms with E-state index in [9.17, 15) is 24.3 Å². The van der Waals surface area contributed by atoms with Crippen LogP contribution < -0.4 is 11.0 Å². The zero-order chi connectivity index (χ0) is 29.2. The minimum Gasteiger partial charge on any atom is -0.465 e. The van der Waals surface area contributed by atoms with Crippen LogP contribution in [0.3, 0.4) is 0 Å². The highest BCUT2D eigenvalue weighted by molar-refractivity contribution is 5.88. The van der Waals surface area contributed by atoms with E-state index in [1.165, 1.54) is 4.90 Å². The van der Waals surface area contributed by atoms with Crippen LogP contribution in [0.5, 0.6) is 0 Å². The van der Waals surface area contributed by atoms with Crippen LogP contribution in [0.2, 0.25) is 0 Å². The number of carbonyl (C=O) groups is 3. The number of likely N-dealkylation sites (tertiary alicyclic amines) is 1. The number of aromatic amines is 1. The van der Waals surface area contributed by atoms with Crippen molar-refractivity contribution in [2.75, 3.05) is 32.7 Å². The summed E-state index contributed by atoms with van der Waals surface area (Å²) in [5, 5.41) is 13.0. The number of carbonyl (C=O) groups excluding carboxylic acids is 2.